The summed E-state index contributed by atoms with van der Waals surface area (Å²) in [4.78, 5) is 10.7. The van der Waals surface area contributed by atoms with Crippen LogP contribution in [0, 0.1) is 0 Å². The molecule has 328 valence electrons. The molecule has 10 aromatic carbocycles. The summed E-state index contributed by atoms with van der Waals surface area (Å²) in [6.45, 7) is 0. The average Bonchev–Trinajstić information content (AvgIpc) is 4.15. The summed E-state index contributed by atoms with van der Waals surface area (Å²) in [6.07, 6.45) is -0.337. The SMILES string of the molecule is c1ccc(C2=NC(n3c4ccccc4c4cc5c(cc43)c3ccccc3n5-c3cc(-n4c5ccccc5c5ccccc54)cc(-n4c5ccccc5c5ccccc54)c3)=NC(c3ccccc3)N2)cc1. The second kappa shape index (κ2) is 15.0. The van der Waals surface area contributed by atoms with Crippen molar-refractivity contribution in [2.45, 2.75) is 6.17 Å². The number of nitrogens with one attached hydrogen (secondary N) is 1. The Balaban J connectivity index is 1.03. The van der Waals surface area contributed by atoms with Gasteiger partial charge in [0.25, 0.3) is 0 Å². The second-order valence-corrected chi connectivity index (χ2v) is 18.3. The molecule has 0 bridgehead atoms. The van der Waals surface area contributed by atoms with Crippen molar-refractivity contribution in [3.8, 4) is 17.1 Å². The molecule has 1 aliphatic rings. The highest BCUT2D eigenvalue weighted by Gasteiger charge is 2.26. The molecule has 14 aromatic rings. The highest BCUT2D eigenvalue weighted by molar-refractivity contribution is 6.22. The Morgan fingerprint density at radius 2 is 0.629 bits per heavy atom. The molecule has 15 rings (SSSR count). The summed E-state index contributed by atoms with van der Waals surface area (Å²) < 4.78 is 9.62. The number of amidine groups is 1. The monoisotopic (exact) mass is 895 g/mol. The number of hydrogen-bond acceptors (Lipinski definition) is 3. The molecule has 70 heavy (non-hydrogen) atoms. The van der Waals surface area contributed by atoms with Crippen molar-refractivity contribution >= 4 is 99.0 Å². The lowest BCUT2D eigenvalue weighted by atomic mass is 10.1. The van der Waals surface area contributed by atoms with Crippen LogP contribution in [0.2, 0.25) is 0 Å². The number of rotatable bonds is 5. The van der Waals surface area contributed by atoms with Gasteiger partial charge in [-0.2, -0.15) is 4.99 Å². The van der Waals surface area contributed by atoms with Crippen molar-refractivity contribution in [1.82, 2.24) is 23.6 Å². The topological polar surface area (TPSA) is 56.5 Å². The molecule has 0 saturated heterocycles. The molecule has 1 aliphatic heterocycles. The van der Waals surface area contributed by atoms with E-state index >= 15 is 0 Å². The number of benzene rings is 10. The number of hydrogen-bond donors (Lipinski definition) is 1. The maximum absolute atomic E-state index is 5.39. The lowest BCUT2D eigenvalue weighted by molar-refractivity contribution is 0.668. The zero-order chi connectivity index (χ0) is 45.9. The summed E-state index contributed by atoms with van der Waals surface area (Å²) in [6, 6.07) is 85.3. The third-order valence-corrected chi connectivity index (χ3v) is 14.4. The van der Waals surface area contributed by atoms with Crippen LogP contribution in [0.15, 0.2) is 247 Å². The molecule has 5 heterocycles. The highest BCUT2D eigenvalue weighted by Crippen LogP contribution is 2.42. The van der Waals surface area contributed by atoms with E-state index in [0.29, 0.717) is 5.96 Å². The van der Waals surface area contributed by atoms with Gasteiger partial charge in [-0.15, -0.1) is 0 Å². The lowest BCUT2D eigenvalue weighted by Gasteiger charge is -2.24. The minimum absolute atomic E-state index is 0.337. The molecule has 0 aliphatic carbocycles. The number of aliphatic imine (C=N–C) groups is 2. The van der Waals surface area contributed by atoms with Crippen molar-refractivity contribution in [3.63, 3.8) is 0 Å². The van der Waals surface area contributed by atoms with E-state index in [1.165, 1.54) is 49.0 Å². The van der Waals surface area contributed by atoms with Crippen LogP contribution in [-0.4, -0.2) is 30.1 Å². The van der Waals surface area contributed by atoms with E-state index in [1.807, 2.05) is 12.1 Å². The Morgan fingerprint density at radius 1 is 0.300 bits per heavy atom. The quantitative estimate of drug-likeness (QED) is 0.184. The third kappa shape index (κ3) is 5.69. The van der Waals surface area contributed by atoms with Gasteiger partial charge in [0.1, 0.15) is 12.0 Å². The van der Waals surface area contributed by atoms with Gasteiger partial charge in [0.2, 0.25) is 5.96 Å². The van der Waals surface area contributed by atoms with E-state index in [0.717, 1.165) is 72.3 Å². The summed E-state index contributed by atoms with van der Waals surface area (Å²) in [5.41, 5.74) is 14.3. The van der Waals surface area contributed by atoms with Crippen molar-refractivity contribution in [1.29, 1.82) is 0 Å². The van der Waals surface area contributed by atoms with Crippen LogP contribution in [0.1, 0.15) is 17.3 Å². The van der Waals surface area contributed by atoms with E-state index in [2.05, 4.69) is 248 Å². The number of nitrogens with zero attached hydrogens (tertiary/aromatic N) is 6. The van der Waals surface area contributed by atoms with Crippen molar-refractivity contribution in [3.05, 3.63) is 248 Å². The van der Waals surface area contributed by atoms with Crippen molar-refractivity contribution < 1.29 is 0 Å². The summed E-state index contributed by atoms with van der Waals surface area (Å²) >= 11 is 0. The maximum Gasteiger partial charge on any atom is 0.234 e. The summed E-state index contributed by atoms with van der Waals surface area (Å²) in [5, 5.41) is 13.1. The lowest BCUT2D eigenvalue weighted by Crippen LogP contribution is -2.35. The highest BCUT2D eigenvalue weighted by atomic mass is 15.3. The van der Waals surface area contributed by atoms with Gasteiger partial charge in [-0.1, -0.05) is 170 Å². The minimum atomic E-state index is -0.337. The van der Waals surface area contributed by atoms with Gasteiger partial charge in [0.15, 0.2) is 0 Å². The first-order valence-corrected chi connectivity index (χ1v) is 23.9. The fourth-order valence-electron chi connectivity index (χ4n) is 11.4. The van der Waals surface area contributed by atoms with Crippen LogP contribution in [-0.2, 0) is 0 Å². The fourth-order valence-corrected chi connectivity index (χ4v) is 11.4. The standard InChI is InChI=1S/C63H41N7/c1-3-19-40(20-4-1)61-64-62(41-21-5-2-6-22-41)66-63(65-61)70-58-34-18-12-28-50(58)52-38-59-51(39-60(52)70)49-27-11-17-33-57(49)69(59)44-36-42(67-53-29-13-7-23-45(53)46-24-8-14-30-54(46)67)35-43(37-44)68-55-31-15-9-25-47(55)48-26-10-16-32-56(48)68/h1-39,61H,(H,64,65,66). The Labute approximate surface area is 401 Å². The molecule has 0 spiro atoms. The van der Waals surface area contributed by atoms with E-state index in [9.17, 15) is 0 Å². The predicted octanol–water partition coefficient (Wildman–Crippen LogP) is 15.0. The smallest absolute Gasteiger partial charge is 0.234 e. The largest absolute Gasteiger partial charge is 0.344 e. The molecular formula is C63H41N7. The van der Waals surface area contributed by atoms with Gasteiger partial charge in [0, 0.05) is 48.7 Å². The van der Waals surface area contributed by atoms with E-state index in [1.54, 1.807) is 0 Å². The van der Waals surface area contributed by atoms with Crippen LogP contribution in [0.5, 0.6) is 0 Å². The Hall–Kier alpha value is -9.46. The number of fused-ring (bicyclic) bond motifs is 12. The number of aromatic nitrogens is 4. The molecule has 0 radical (unpaired) electrons. The van der Waals surface area contributed by atoms with Gasteiger partial charge >= 0.3 is 0 Å². The van der Waals surface area contributed by atoms with E-state index < -0.39 is 0 Å². The summed E-state index contributed by atoms with van der Waals surface area (Å²) in [7, 11) is 0. The zero-order valence-corrected chi connectivity index (χ0v) is 37.8. The van der Waals surface area contributed by atoms with Crippen LogP contribution in [0.3, 0.4) is 0 Å². The predicted molar refractivity (Wildman–Crippen MR) is 291 cm³/mol. The van der Waals surface area contributed by atoms with E-state index in [-0.39, 0.29) is 6.17 Å². The fraction of sp³-hybridized carbons (Fsp3) is 0.0159. The van der Waals surface area contributed by atoms with E-state index in [4.69, 9.17) is 9.98 Å². The minimum Gasteiger partial charge on any atom is -0.344 e. The van der Waals surface area contributed by atoms with Gasteiger partial charge in [0.05, 0.1) is 61.2 Å². The Morgan fingerprint density at radius 3 is 1.06 bits per heavy atom. The molecule has 1 N–H and O–H groups in total. The average molecular weight is 896 g/mol. The Bertz CT molecular complexity index is 4270. The molecule has 0 saturated carbocycles. The molecule has 1 atom stereocenters. The molecule has 1 unspecified atom stereocenters. The van der Waals surface area contributed by atoms with Crippen molar-refractivity contribution in [2.75, 3.05) is 0 Å². The molecule has 0 fully saturated rings. The third-order valence-electron chi connectivity index (χ3n) is 14.4. The van der Waals surface area contributed by atoms with Crippen LogP contribution < -0.4 is 5.32 Å². The van der Waals surface area contributed by atoms with Crippen molar-refractivity contribution in [2.24, 2.45) is 9.98 Å². The number of para-hydroxylation sites is 6. The molecular weight excluding hydrogens is 855 g/mol. The first kappa shape index (κ1) is 38.6. The van der Waals surface area contributed by atoms with Gasteiger partial charge in [-0.05, 0) is 72.3 Å². The summed E-state index contributed by atoms with van der Waals surface area (Å²) in [5.74, 6) is 1.42. The first-order valence-electron chi connectivity index (χ1n) is 23.9. The second-order valence-electron chi connectivity index (χ2n) is 18.3. The van der Waals surface area contributed by atoms with Gasteiger partial charge < -0.3 is 19.0 Å². The molecule has 4 aromatic heterocycles. The van der Waals surface area contributed by atoms with Crippen LogP contribution in [0.25, 0.3) is 104 Å². The Kier molecular flexibility index (Phi) is 8.29. The zero-order valence-electron chi connectivity index (χ0n) is 37.8. The van der Waals surface area contributed by atoms with Crippen LogP contribution >= 0.6 is 0 Å². The molecule has 0 amide bonds. The molecule has 7 heteroatoms. The normalized spacial score (nSPS) is 14.1. The van der Waals surface area contributed by atoms with Gasteiger partial charge in [-0.25, -0.2) is 4.99 Å². The van der Waals surface area contributed by atoms with Gasteiger partial charge in [-0.3, -0.25) is 4.57 Å². The first-order chi connectivity index (χ1) is 34.7. The van der Waals surface area contributed by atoms with Crippen LogP contribution in [0.4, 0.5) is 0 Å². The maximum atomic E-state index is 5.39. The molecule has 7 nitrogen and oxygen atoms in total.